The van der Waals surface area contributed by atoms with Crippen molar-refractivity contribution in [3.63, 3.8) is 0 Å². The van der Waals surface area contributed by atoms with Crippen molar-refractivity contribution in [2.75, 3.05) is 6.54 Å². The molecule has 2 aromatic carbocycles. The average molecular weight is 271 g/mol. The summed E-state index contributed by atoms with van der Waals surface area (Å²) < 4.78 is 0. The Bertz CT molecular complexity index is 614. The van der Waals surface area contributed by atoms with E-state index in [1.54, 1.807) is 0 Å². The van der Waals surface area contributed by atoms with Gasteiger partial charge in [-0.05, 0) is 22.4 Å². The monoisotopic (exact) mass is 271 g/mol. The van der Waals surface area contributed by atoms with Crippen molar-refractivity contribution < 1.29 is 9.90 Å². The fourth-order valence-electron chi connectivity index (χ4n) is 1.99. The molecule has 2 N–H and O–H groups in total. The Morgan fingerprint density at radius 2 is 1.80 bits per heavy atom. The van der Waals surface area contributed by atoms with E-state index >= 15 is 0 Å². The SMILES string of the molecule is CC(C)(C)C(=O)NCC(O)c1ccc2ccccc2c1. The third-order valence-corrected chi connectivity index (χ3v) is 3.30. The standard InChI is InChI=1S/C17H21NO2/c1-17(2,3)16(20)18-11-15(19)14-9-8-12-6-4-5-7-13(12)10-14/h4-10,15,19H,11H2,1-3H3,(H,18,20). The minimum absolute atomic E-state index is 0.0580. The van der Waals surface area contributed by atoms with Crippen molar-refractivity contribution in [3.05, 3.63) is 48.0 Å². The number of carbonyl (C=O) groups is 1. The Balaban J connectivity index is 2.08. The number of aliphatic hydroxyl groups excluding tert-OH is 1. The number of benzene rings is 2. The molecule has 0 radical (unpaired) electrons. The Labute approximate surface area is 119 Å². The summed E-state index contributed by atoms with van der Waals surface area (Å²) in [6, 6.07) is 13.9. The van der Waals surface area contributed by atoms with Gasteiger partial charge in [0.05, 0.1) is 6.10 Å². The molecule has 1 amide bonds. The fraction of sp³-hybridized carbons (Fsp3) is 0.353. The molecule has 0 heterocycles. The summed E-state index contributed by atoms with van der Waals surface area (Å²) in [4.78, 5) is 11.8. The van der Waals surface area contributed by atoms with Gasteiger partial charge in [0, 0.05) is 12.0 Å². The molecular formula is C17H21NO2. The minimum atomic E-state index is -0.689. The van der Waals surface area contributed by atoms with Gasteiger partial charge in [0.1, 0.15) is 0 Å². The number of amides is 1. The maximum atomic E-state index is 11.8. The van der Waals surface area contributed by atoms with Crippen molar-refractivity contribution in [1.29, 1.82) is 0 Å². The zero-order chi connectivity index (χ0) is 14.8. The van der Waals surface area contributed by atoms with Crippen LogP contribution in [0.4, 0.5) is 0 Å². The van der Waals surface area contributed by atoms with Gasteiger partial charge in [-0.25, -0.2) is 0 Å². The van der Waals surface area contributed by atoms with Crippen LogP contribution in [0.2, 0.25) is 0 Å². The first-order valence-corrected chi connectivity index (χ1v) is 6.83. The van der Waals surface area contributed by atoms with Crippen LogP contribution >= 0.6 is 0 Å². The number of aliphatic hydroxyl groups is 1. The number of rotatable bonds is 3. The molecule has 0 aliphatic rings. The lowest BCUT2D eigenvalue weighted by atomic mass is 9.95. The predicted molar refractivity (Wildman–Crippen MR) is 81.4 cm³/mol. The molecule has 3 heteroatoms. The maximum absolute atomic E-state index is 11.8. The number of hydrogen-bond acceptors (Lipinski definition) is 2. The lowest BCUT2D eigenvalue weighted by Crippen LogP contribution is -2.37. The molecule has 3 nitrogen and oxygen atoms in total. The molecule has 1 atom stereocenters. The second kappa shape index (κ2) is 5.63. The highest BCUT2D eigenvalue weighted by Crippen LogP contribution is 2.20. The number of nitrogens with one attached hydrogen (secondary N) is 1. The van der Waals surface area contributed by atoms with Gasteiger partial charge in [0.2, 0.25) is 5.91 Å². The Hall–Kier alpha value is -1.87. The van der Waals surface area contributed by atoms with Crippen LogP contribution in [0.1, 0.15) is 32.4 Å². The van der Waals surface area contributed by atoms with E-state index in [9.17, 15) is 9.90 Å². The van der Waals surface area contributed by atoms with Crippen LogP contribution in [-0.4, -0.2) is 17.6 Å². The first kappa shape index (κ1) is 14.5. The smallest absolute Gasteiger partial charge is 0.225 e. The van der Waals surface area contributed by atoms with E-state index in [0.29, 0.717) is 0 Å². The fourth-order valence-corrected chi connectivity index (χ4v) is 1.99. The van der Waals surface area contributed by atoms with E-state index in [2.05, 4.69) is 5.32 Å². The minimum Gasteiger partial charge on any atom is -0.387 e. The van der Waals surface area contributed by atoms with Crippen LogP contribution in [-0.2, 0) is 4.79 Å². The summed E-state index contributed by atoms with van der Waals surface area (Å²) >= 11 is 0. The molecule has 0 fully saturated rings. The molecule has 106 valence electrons. The van der Waals surface area contributed by atoms with Crippen molar-refractivity contribution >= 4 is 16.7 Å². The van der Waals surface area contributed by atoms with E-state index in [-0.39, 0.29) is 12.5 Å². The molecular weight excluding hydrogens is 250 g/mol. The van der Waals surface area contributed by atoms with Gasteiger partial charge in [-0.2, -0.15) is 0 Å². The van der Waals surface area contributed by atoms with Gasteiger partial charge in [-0.3, -0.25) is 4.79 Å². The zero-order valence-corrected chi connectivity index (χ0v) is 12.2. The Morgan fingerprint density at radius 1 is 1.15 bits per heavy atom. The zero-order valence-electron chi connectivity index (χ0n) is 12.2. The van der Waals surface area contributed by atoms with E-state index in [1.807, 2.05) is 63.2 Å². The first-order chi connectivity index (χ1) is 9.38. The molecule has 0 aromatic heterocycles. The number of carbonyl (C=O) groups excluding carboxylic acids is 1. The summed E-state index contributed by atoms with van der Waals surface area (Å²) in [7, 11) is 0. The topological polar surface area (TPSA) is 49.3 Å². The van der Waals surface area contributed by atoms with E-state index in [1.165, 1.54) is 0 Å². The van der Waals surface area contributed by atoms with Crippen LogP contribution in [0.25, 0.3) is 10.8 Å². The summed E-state index contributed by atoms with van der Waals surface area (Å²) in [5.41, 5.74) is 0.376. The lowest BCUT2D eigenvalue weighted by molar-refractivity contribution is -0.128. The normalized spacial score (nSPS) is 13.2. The highest BCUT2D eigenvalue weighted by atomic mass is 16.3. The predicted octanol–water partition coefficient (Wildman–Crippen LogP) is 3.04. The van der Waals surface area contributed by atoms with Crippen LogP contribution < -0.4 is 5.32 Å². The van der Waals surface area contributed by atoms with Crippen molar-refractivity contribution in [3.8, 4) is 0 Å². The molecule has 20 heavy (non-hydrogen) atoms. The number of fused-ring (bicyclic) bond motifs is 1. The Morgan fingerprint density at radius 3 is 2.45 bits per heavy atom. The van der Waals surface area contributed by atoms with E-state index < -0.39 is 11.5 Å². The quantitative estimate of drug-likeness (QED) is 0.901. The van der Waals surface area contributed by atoms with Gasteiger partial charge in [-0.15, -0.1) is 0 Å². The van der Waals surface area contributed by atoms with Crippen molar-refractivity contribution in [2.24, 2.45) is 5.41 Å². The number of hydrogen-bond donors (Lipinski definition) is 2. The third kappa shape index (κ3) is 3.36. The van der Waals surface area contributed by atoms with Gasteiger partial charge in [-0.1, -0.05) is 57.2 Å². The largest absolute Gasteiger partial charge is 0.387 e. The van der Waals surface area contributed by atoms with E-state index in [4.69, 9.17) is 0 Å². The molecule has 2 rings (SSSR count). The summed E-state index contributed by atoms with van der Waals surface area (Å²) in [6.07, 6.45) is -0.689. The third-order valence-electron chi connectivity index (χ3n) is 3.30. The molecule has 0 aliphatic carbocycles. The molecule has 0 saturated carbocycles. The second-order valence-electron chi connectivity index (χ2n) is 6.08. The maximum Gasteiger partial charge on any atom is 0.225 e. The van der Waals surface area contributed by atoms with Crippen LogP contribution in [0, 0.1) is 5.41 Å². The molecule has 0 spiro atoms. The second-order valence-corrected chi connectivity index (χ2v) is 6.08. The highest BCUT2D eigenvalue weighted by Gasteiger charge is 2.21. The van der Waals surface area contributed by atoms with Gasteiger partial charge < -0.3 is 10.4 Å². The van der Waals surface area contributed by atoms with Crippen LogP contribution in [0.3, 0.4) is 0 Å². The molecule has 0 bridgehead atoms. The van der Waals surface area contributed by atoms with Crippen LogP contribution in [0.15, 0.2) is 42.5 Å². The summed E-state index contributed by atoms with van der Waals surface area (Å²) in [5.74, 6) is -0.0580. The van der Waals surface area contributed by atoms with Gasteiger partial charge >= 0.3 is 0 Å². The van der Waals surface area contributed by atoms with Gasteiger partial charge in [0.25, 0.3) is 0 Å². The summed E-state index contributed by atoms with van der Waals surface area (Å²) in [6.45, 7) is 5.79. The van der Waals surface area contributed by atoms with Gasteiger partial charge in [0.15, 0.2) is 0 Å². The first-order valence-electron chi connectivity index (χ1n) is 6.83. The van der Waals surface area contributed by atoms with Crippen molar-refractivity contribution in [2.45, 2.75) is 26.9 Å². The summed E-state index contributed by atoms with van der Waals surface area (Å²) in [5, 5.41) is 15.2. The molecule has 0 aliphatic heterocycles. The van der Waals surface area contributed by atoms with E-state index in [0.717, 1.165) is 16.3 Å². The average Bonchev–Trinajstić information content (AvgIpc) is 2.42. The lowest BCUT2D eigenvalue weighted by Gasteiger charge is -2.19. The molecule has 2 aromatic rings. The van der Waals surface area contributed by atoms with Crippen LogP contribution in [0.5, 0.6) is 0 Å². The molecule has 1 unspecified atom stereocenters. The van der Waals surface area contributed by atoms with Crippen molar-refractivity contribution in [1.82, 2.24) is 5.32 Å². The molecule has 0 saturated heterocycles. The Kier molecular flexibility index (Phi) is 4.09. The highest BCUT2D eigenvalue weighted by molar-refractivity contribution is 5.83.